The van der Waals surface area contributed by atoms with Crippen LogP contribution in [0.4, 0.5) is 5.69 Å². The number of unbranched alkanes of at least 4 members (excludes halogenated alkanes) is 13. The van der Waals surface area contributed by atoms with Crippen molar-refractivity contribution in [1.82, 2.24) is 4.90 Å². The number of carbonyl (C=O) groups excluding carboxylic acids is 4. The van der Waals surface area contributed by atoms with Gasteiger partial charge in [-0.25, -0.2) is 4.90 Å². The first-order valence-corrected chi connectivity index (χ1v) is 30.5. The third kappa shape index (κ3) is 9.69. The molecule has 1 atom stereocenters. The predicted octanol–water partition coefficient (Wildman–Crippen LogP) is 19.0. The molecule has 0 saturated heterocycles. The van der Waals surface area contributed by atoms with Crippen LogP contribution >= 0.6 is 0 Å². The molecule has 2 aliphatic carbocycles. The lowest BCUT2D eigenvalue weighted by Crippen LogP contribution is -2.43. The first-order valence-electron chi connectivity index (χ1n) is 30.5. The van der Waals surface area contributed by atoms with Gasteiger partial charge < -0.3 is 0 Å². The van der Waals surface area contributed by atoms with Crippen LogP contribution in [0.3, 0.4) is 0 Å². The van der Waals surface area contributed by atoms with Crippen molar-refractivity contribution in [3.8, 4) is 33.4 Å². The van der Waals surface area contributed by atoms with Crippen LogP contribution < -0.4 is 4.90 Å². The monoisotopic (exact) mass is 1050 g/mol. The van der Waals surface area contributed by atoms with Gasteiger partial charge in [0.1, 0.15) is 0 Å². The summed E-state index contributed by atoms with van der Waals surface area (Å²) in [6.45, 7) is 11.6. The molecule has 6 heteroatoms. The number of nitrogens with zero attached hydrogens (tertiary/aromatic N) is 2. The zero-order chi connectivity index (χ0) is 54.8. The highest BCUT2D eigenvalue weighted by molar-refractivity contribution is 6.39. The van der Waals surface area contributed by atoms with Gasteiger partial charge in [-0.2, -0.15) is 0 Å². The summed E-state index contributed by atoms with van der Waals surface area (Å²) < 4.78 is 0. The van der Waals surface area contributed by atoms with E-state index >= 15 is 0 Å². The molecule has 0 spiro atoms. The van der Waals surface area contributed by atoms with Gasteiger partial charge in [-0.1, -0.05) is 213 Å². The van der Waals surface area contributed by atoms with E-state index in [4.69, 9.17) is 0 Å². The molecule has 0 radical (unpaired) electrons. The first-order chi connectivity index (χ1) is 38.5. The Hall–Kier alpha value is -6.92. The highest BCUT2D eigenvalue weighted by Crippen LogP contribution is 2.58. The summed E-state index contributed by atoms with van der Waals surface area (Å²) in [7, 11) is 0. The van der Waals surface area contributed by atoms with Crippen LogP contribution in [-0.2, 0) is 10.8 Å². The van der Waals surface area contributed by atoms with Crippen molar-refractivity contribution in [2.75, 3.05) is 11.4 Å². The number of carbonyl (C=O) groups is 4. The SMILES string of the molecule is CCCCCCCCC1(CCCCCCCC)c2cc(C)ccc2-c2ccc(-c3ccc4c(c3)C(CCCCCC)(CCCN3C(=O)c5ccc6c7c(ccc(c57)C3=O)C(=O)N(c3ccccc3)C6=O)c3cc(C)ccc3-4)cc21. The number of aryl methyl sites for hydroxylation is 2. The third-order valence-corrected chi connectivity index (χ3v) is 18.7. The zero-order valence-corrected chi connectivity index (χ0v) is 47.7. The minimum atomic E-state index is -0.466. The molecule has 6 nitrogen and oxygen atoms in total. The summed E-state index contributed by atoms with van der Waals surface area (Å²) in [6, 6.07) is 44.5. The molecule has 7 aromatic rings. The average molecular weight is 1050 g/mol. The first kappa shape index (κ1) is 54.1. The van der Waals surface area contributed by atoms with Crippen molar-refractivity contribution < 1.29 is 19.2 Å². The summed E-state index contributed by atoms with van der Waals surface area (Å²) in [4.78, 5) is 60.2. The van der Waals surface area contributed by atoms with Gasteiger partial charge >= 0.3 is 0 Å². The Labute approximate surface area is 470 Å². The molecule has 0 aromatic heterocycles. The highest BCUT2D eigenvalue weighted by atomic mass is 16.2. The Balaban J connectivity index is 0.936. The standard InChI is InChI=1S/C73H80N2O4/c1-6-9-12-15-17-23-41-72(42-24-18-16-13-10-7-2)62-45-49(4)28-32-54(62)56-34-30-51(47-64(56)72)52-31-35-57-55-33-29-50(5)46-63(55)73(65(57)48-52,40-22-14-11-8-3)43-25-44-74-68(76)58-36-38-60-67-61(39-37-59(66(58)67)69(74)77)71(79)75(70(60)78)53-26-20-19-21-27-53/h19-21,26-39,45-48H,6-18,22-25,40-44H2,1-5H3. The summed E-state index contributed by atoms with van der Waals surface area (Å²) in [6.07, 6.45) is 24.7. The van der Waals surface area contributed by atoms with Gasteiger partial charge in [0.05, 0.1) is 5.69 Å². The highest BCUT2D eigenvalue weighted by Gasteiger charge is 2.46. The number of para-hydroxylation sites is 1. The Morgan fingerprint density at radius 3 is 1.11 bits per heavy atom. The molecule has 7 aromatic carbocycles. The molecule has 2 aliphatic heterocycles. The maximum Gasteiger partial charge on any atom is 0.265 e. The summed E-state index contributed by atoms with van der Waals surface area (Å²) >= 11 is 0. The fourth-order valence-corrected chi connectivity index (χ4v) is 14.7. The van der Waals surface area contributed by atoms with Crippen LogP contribution in [0, 0.1) is 13.8 Å². The number of amides is 4. The molecule has 2 heterocycles. The van der Waals surface area contributed by atoms with Gasteiger partial charge in [-0.3, -0.25) is 24.1 Å². The molecule has 79 heavy (non-hydrogen) atoms. The van der Waals surface area contributed by atoms with Crippen molar-refractivity contribution in [2.24, 2.45) is 0 Å². The van der Waals surface area contributed by atoms with Gasteiger partial charge in [0, 0.05) is 50.4 Å². The maximum atomic E-state index is 14.7. The van der Waals surface area contributed by atoms with Crippen molar-refractivity contribution in [3.05, 3.63) is 183 Å². The van der Waals surface area contributed by atoms with E-state index in [1.807, 2.05) is 6.07 Å². The van der Waals surface area contributed by atoms with E-state index in [0.717, 1.165) is 32.1 Å². The number of fused-ring (bicyclic) bond motifs is 6. The van der Waals surface area contributed by atoms with Crippen LogP contribution in [-0.4, -0.2) is 35.1 Å². The van der Waals surface area contributed by atoms with Gasteiger partial charge in [-0.15, -0.1) is 0 Å². The van der Waals surface area contributed by atoms with E-state index in [1.165, 1.54) is 167 Å². The second-order valence-corrected chi connectivity index (χ2v) is 23.8. The van der Waals surface area contributed by atoms with Crippen LogP contribution in [0.2, 0.25) is 0 Å². The Morgan fingerprint density at radius 1 is 0.342 bits per heavy atom. The smallest absolute Gasteiger partial charge is 0.265 e. The zero-order valence-electron chi connectivity index (χ0n) is 47.7. The van der Waals surface area contributed by atoms with Crippen molar-refractivity contribution in [2.45, 2.75) is 180 Å². The number of imide groups is 2. The molecule has 4 amide bonds. The van der Waals surface area contributed by atoms with Crippen molar-refractivity contribution in [1.29, 1.82) is 0 Å². The van der Waals surface area contributed by atoms with Crippen LogP contribution in [0.5, 0.6) is 0 Å². The second kappa shape index (κ2) is 23.0. The quantitative estimate of drug-likeness (QED) is 0.0422. The average Bonchev–Trinajstić information content (AvgIpc) is 4.17. The van der Waals surface area contributed by atoms with Crippen molar-refractivity contribution in [3.63, 3.8) is 0 Å². The third-order valence-electron chi connectivity index (χ3n) is 18.7. The minimum Gasteiger partial charge on any atom is -0.274 e. The topological polar surface area (TPSA) is 74.8 Å². The fourth-order valence-electron chi connectivity index (χ4n) is 14.7. The van der Waals surface area contributed by atoms with E-state index in [0.29, 0.717) is 45.1 Å². The Bertz CT molecular complexity index is 3390. The summed E-state index contributed by atoms with van der Waals surface area (Å²) in [5.74, 6) is -1.70. The van der Waals surface area contributed by atoms with Crippen molar-refractivity contribution >= 4 is 40.1 Å². The Kier molecular flexibility index (Phi) is 15.8. The predicted molar refractivity (Wildman–Crippen MR) is 325 cm³/mol. The van der Waals surface area contributed by atoms with E-state index in [9.17, 15) is 19.2 Å². The fraction of sp³-hybridized carbons (Fsp3) is 0.397. The molecule has 4 aliphatic rings. The number of hydrogen-bond donors (Lipinski definition) is 0. The minimum absolute atomic E-state index is 0.0242. The maximum absolute atomic E-state index is 14.7. The van der Waals surface area contributed by atoms with E-state index in [1.54, 1.807) is 54.1 Å². The molecule has 0 N–H and O–H groups in total. The van der Waals surface area contributed by atoms with Gasteiger partial charge in [0.15, 0.2) is 0 Å². The van der Waals surface area contributed by atoms with Gasteiger partial charge in [0.25, 0.3) is 23.6 Å². The number of benzene rings is 7. The van der Waals surface area contributed by atoms with E-state index in [-0.39, 0.29) is 29.2 Å². The summed E-state index contributed by atoms with van der Waals surface area (Å²) in [5, 5.41) is 0.788. The van der Waals surface area contributed by atoms with Crippen LogP contribution in [0.25, 0.3) is 44.2 Å². The summed E-state index contributed by atoms with van der Waals surface area (Å²) in [5.41, 5.74) is 17.7. The lowest BCUT2D eigenvalue weighted by Gasteiger charge is -2.35. The number of hydrogen-bond acceptors (Lipinski definition) is 4. The van der Waals surface area contributed by atoms with Crippen LogP contribution in [0.15, 0.2) is 127 Å². The van der Waals surface area contributed by atoms with Crippen LogP contribution in [0.1, 0.15) is 230 Å². The molecule has 406 valence electrons. The molecular weight excluding hydrogens is 969 g/mol. The molecule has 0 saturated carbocycles. The lowest BCUT2D eigenvalue weighted by molar-refractivity contribution is 0.0604. The number of rotatable bonds is 25. The van der Waals surface area contributed by atoms with E-state index < -0.39 is 11.8 Å². The van der Waals surface area contributed by atoms with Gasteiger partial charge in [-0.05, 0) is 150 Å². The largest absolute Gasteiger partial charge is 0.274 e. The Morgan fingerprint density at radius 2 is 0.684 bits per heavy atom. The normalized spacial score (nSPS) is 16.5. The van der Waals surface area contributed by atoms with E-state index in [2.05, 4.69) is 107 Å². The molecule has 11 rings (SSSR count). The molecule has 1 unspecified atom stereocenters. The molecule has 0 bridgehead atoms. The molecule has 0 fully saturated rings. The van der Waals surface area contributed by atoms with Gasteiger partial charge in [0.2, 0.25) is 0 Å². The lowest BCUT2D eigenvalue weighted by atomic mass is 9.69. The second-order valence-electron chi connectivity index (χ2n) is 23.8. The molecular formula is C73H80N2O4. The number of anilines is 1.